The maximum absolute atomic E-state index is 6.25. The number of hydrogen-bond acceptors (Lipinski definition) is 2. The first kappa shape index (κ1) is 13.6. The molecule has 1 aromatic heterocycles. The highest BCUT2D eigenvalue weighted by Crippen LogP contribution is 2.40. The molecule has 1 aliphatic carbocycles. The molecule has 2 nitrogen and oxygen atoms in total. The number of hydrogen-bond donors (Lipinski definition) is 1. The van der Waals surface area contributed by atoms with Gasteiger partial charge < -0.3 is 5.32 Å². The molecule has 3 heteroatoms. The average molecular weight is 287 g/mol. The molecule has 1 aromatic carbocycles. The van der Waals surface area contributed by atoms with Crippen LogP contribution in [0.4, 0.5) is 0 Å². The van der Waals surface area contributed by atoms with Gasteiger partial charge >= 0.3 is 0 Å². The summed E-state index contributed by atoms with van der Waals surface area (Å²) in [6.07, 6.45) is 6.07. The lowest BCUT2D eigenvalue weighted by Crippen LogP contribution is -2.41. The fourth-order valence-corrected chi connectivity index (χ4v) is 3.19. The Kier molecular flexibility index (Phi) is 4.04. The van der Waals surface area contributed by atoms with E-state index in [2.05, 4.69) is 35.4 Å². The molecule has 0 unspecified atom stereocenters. The van der Waals surface area contributed by atoms with Crippen molar-refractivity contribution in [3.05, 3.63) is 64.9 Å². The highest BCUT2D eigenvalue weighted by molar-refractivity contribution is 6.31. The molecule has 20 heavy (non-hydrogen) atoms. The number of aromatic nitrogens is 1. The van der Waals surface area contributed by atoms with Gasteiger partial charge in [0.2, 0.25) is 0 Å². The van der Waals surface area contributed by atoms with Crippen LogP contribution in [0.2, 0.25) is 5.02 Å². The third-order valence-electron chi connectivity index (χ3n) is 4.15. The van der Waals surface area contributed by atoms with Gasteiger partial charge in [-0.15, -0.1) is 0 Å². The molecule has 0 amide bonds. The molecular weight excluding hydrogens is 268 g/mol. The molecule has 0 saturated heterocycles. The van der Waals surface area contributed by atoms with E-state index in [1.807, 2.05) is 30.6 Å². The van der Waals surface area contributed by atoms with Crippen molar-refractivity contribution in [1.29, 1.82) is 0 Å². The first-order valence-electron chi connectivity index (χ1n) is 7.14. The van der Waals surface area contributed by atoms with Gasteiger partial charge in [-0.25, -0.2) is 0 Å². The monoisotopic (exact) mass is 286 g/mol. The molecule has 1 heterocycles. The van der Waals surface area contributed by atoms with E-state index in [0.29, 0.717) is 18.0 Å². The van der Waals surface area contributed by atoms with E-state index in [9.17, 15) is 0 Å². The molecule has 1 saturated carbocycles. The number of rotatable bonds is 4. The van der Waals surface area contributed by atoms with Crippen molar-refractivity contribution in [3.8, 4) is 0 Å². The molecule has 1 N–H and O–H groups in total. The third kappa shape index (κ3) is 2.87. The summed E-state index contributed by atoms with van der Waals surface area (Å²) < 4.78 is 0. The van der Waals surface area contributed by atoms with Crippen LogP contribution >= 0.6 is 11.6 Å². The Labute approximate surface area is 125 Å². The van der Waals surface area contributed by atoms with E-state index < -0.39 is 0 Å². The molecule has 1 fully saturated rings. The Morgan fingerprint density at radius 3 is 2.70 bits per heavy atom. The first-order chi connectivity index (χ1) is 9.74. The normalized spacial score (nSPS) is 23.1. The molecule has 0 aliphatic heterocycles. The molecule has 104 valence electrons. The highest BCUT2D eigenvalue weighted by Gasteiger charge is 2.32. The zero-order chi connectivity index (χ0) is 13.9. The number of benzene rings is 1. The lowest BCUT2D eigenvalue weighted by molar-refractivity contribution is 0.271. The Morgan fingerprint density at radius 1 is 1.20 bits per heavy atom. The predicted octanol–water partition coefficient (Wildman–Crippen LogP) is 4.33. The SMILES string of the molecule is C[C@H](NC1CC(c2ccccc2Cl)C1)c1cccnc1. The number of pyridine rings is 1. The molecule has 0 bridgehead atoms. The Balaban J connectivity index is 1.55. The van der Waals surface area contributed by atoms with Gasteiger partial charge in [0.25, 0.3) is 0 Å². The Bertz CT molecular complexity index is 564. The lowest BCUT2D eigenvalue weighted by Gasteiger charge is -2.38. The van der Waals surface area contributed by atoms with Crippen LogP contribution < -0.4 is 5.32 Å². The standard InChI is InChI=1S/C17H19ClN2/c1-12(13-5-4-8-19-11-13)20-15-9-14(10-15)16-6-2-3-7-17(16)18/h2-8,11-12,14-15,20H,9-10H2,1H3/t12-,14?,15?/m0/s1. The number of nitrogens with one attached hydrogen (secondary N) is 1. The van der Waals surface area contributed by atoms with Gasteiger partial charge in [0, 0.05) is 29.5 Å². The predicted molar refractivity (Wildman–Crippen MR) is 83.0 cm³/mol. The zero-order valence-corrected chi connectivity index (χ0v) is 12.3. The van der Waals surface area contributed by atoms with E-state index in [1.165, 1.54) is 11.1 Å². The summed E-state index contributed by atoms with van der Waals surface area (Å²) in [6.45, 7) is 2.19. The van der Waals surface area contributed by atoms with E-state index in [-0.39, 0.29) is 0 Å². The third-order valence-corrected chi connectivity index (χ3v) is 4.50. The summed E-state index contributed by atoms with van der Waals surface area (Å²) in [7, 11) is 0. The number of halogens is 1. The second-order valence-corrected chi connectivity index (χ2v) is 5.97. The van der Waals surface area contributed by atoms with E-state index in [1.54, 1.807) is 0 Å². The van der Waals surface area contributed by atoms with Gasteiger partial charge in [0.05, 0.1) is 0 Å². The van der Waals surface area contributed by atoms with Crippen LogP contribution in [0.5, 0.6) is 0 Å². The van der Waals surface area contributed by atoms with Crippen molar-refractivity contribution >= 4 is 11.6 Å². The molecule has 1 atom stereocenters. The van der Waals surface area contributed by atoms with Crippen LogP contribution in [-0.4, -0.2) is 11.0 Å². The summed E-state index contributed by atoms with van der Waals surface area (Å²) in [5.74, 6) is 0.599. The van der Waals surface area contributed by atoms with Crippen molar-refractivity contribution < 1.29 is 0 Å². The Morgan fingerprint density at radius 2 is 2.00 bits per heavy atom. The molecular formula is C17H19ClN2. The summed E-state index contributed by atoms with van der Waals surface area (Å²) in [5.41, 5.74) is 2.54. The molecule has 2 aromatic rings. The maximum atomic E-state index is 6.25. The van der Waals surface area contributed by atoms with E-state index in [4.69, 9.17) is 11.6 Å². The minimum absolute atomic E-state index is 0.348. The summed E-state index contributed by atoms with van der Waals surface area (Å²) >= 11 is 6.25. The molecule has 1 aliphatic rings. The van der Waals surface area contributed by atoms with Crippen molar-refractivity contribution in [2.75, 3.05) is 0 Å². The Hall–Kier alpha value is -1.38. The highest BCUT2D eigenvalue weighted by atomic mass is 35.5. The smallest absolute Gasteiger partial charge is 0.0440 e. The summed E-state index contributed by atoms with van der Waals surface area (Å²) in [6, 6.07) is 13.2. The van der Waals surface area contributed by atoms with Crippen molar-refractivity contribution in [1.82, 2.24) is 10.3 Å². The quantitative estimate of drug-likeness (QED) is 0.905. The fraction of sp³-hybridized carbons (Fsp3) is 0.353. The van der Waals surface area contributed by atoms with Crippen molar-refractivity contribution in [2.45, 2.75) is 37.8 Å². The summed E-state index contributed by atoms with van der Waals surface area (Å²) in [5, 5.41) is 4.57. The van der Waals surface area contributed by atoms with Gasteiger partial charge in [-0.1, -0.05) is 35.9 Å². The second-order valence-electron chi connectivity index (χ2n) is 5.56. The van der Waals surface area contributed by atoms with Crippen LogP contribution in [0.1, 0.15) is 42.9 Å². The maximum Gasteiger partial charge on any atom is 0.0440 e. The van der Waals surface area contributed by atoms with Crippen LogP contribution in [0, 0.1) is 0 Å². The molecule has 0 spiro atoms. The van der Waals surface area contributed by atoms with E-state index >= 15 is 0 Å². The van der Waals surface area contributed by atoms with Crippen LogP contribution in [0.3, 0.4) is 0 Å². The average Bonchev–Trinajstić information content (AvgIpc) is 2.44. The van der Waals surface area contributed by atoms with Gasteiger partial charge in [0.1, 0.15) is 0 Å². The fourth-order valence-electron chi connectivity index (χ4n) is 2.90. The van der Waals surface area contributed by atoms with Crippen molar-refractivity contribution in [2.24, 2.45) is 0 Å². The van der Waals surface area contributed by atoms with Crippen LogP contribution in [-0.2, 0) is 0 Å². The van der Waals surface area contributed by atoms with E-state index in [0.717, 1.165) is 17.9 Å². The second kappa shape index (κ2) is 5.94. The van der Waals surface area contributed by atoms with Gasteiger partial charge in [-0.3, -0.25) is 4.98 Å². The van der Waals surface area contributed by atoms with Crippen LogP contribution in [0.25, 0.3) is 0 Å². The number of nitrogens with zero attached hydrogens (tertiary/aromatic N) is 1. The summed E-state index contributed by atoms with van der Waals surface area (Å²) in [4.78, 5) is 4.17. The first-order valence-corrected chi connectivity index (χ1v) is 7.52. The minimum atomic E-state index is 0.348. The zero-order valence-electron chi connectivity index (χ0n) is 11.6. The molecule has 0 radical (unpaired) electrons. The van der Waals surface area contributed by atoms with Gasteiger partial charge in [-0.05, 0) is 48.9 Å². The largest absolute Gasteiger partial charge is 0.307 e. The van der Waals surface area contributed by atoms with Gasteiger partial charge in [0.15, 0.2) is 0 Å². The topological polar surface area (TPSA) is 24.9 Å². The van der Waals surface area contributed by atoms with Crippen LogP contribution in [0.15, 0.2) is 48.8 Å². The lowest BCUT2D eigenvalue weighted by atomic mass is 9.75. The minimum Gasteiger partial charge on any atom is -0.307 e. The van der Waals surface area contributed by atoms with Gasteiger partial charge in [-0.2, -0.15) is 0 Å². The van der Waals surface area contributed by atoms with Crippen molar-refractivity contribution in [3.63, 3.8) is 0 Å². The molecule has 3 rings (SSSR count).